The van der Waals surface area contributed by atoms with Crippen LogP contribution in [0.25, 0.3) is 0 Å². The fourth-order valence-electron chi connectivity index (χ4n) is 1.75. The predicted octanol–water partition coefficient (Wildman–Crippen LogP) is 1.15. The monoisotopic (exact) mass is 376 g/mol. The van der Waals surface area contributed by atoms with Gasteiger partial charge < -0.3 is 31.6 Å². The van der Waals surface area contributed by atoms with E-state index in [1.807, 2.05) is 13.8 Å². The molecule has 0 saturated carbocycles. The molecule has 140 valence electrons. The van der Waals surface area contributed by atoms with Gasteiger partial charge in [-0.25, -0.2) is 9.59 Å². The summed E-state index contributed by atoms with van der Waals surface area (Å²) < 4.78 is 10.00. The van der Waals surface area contributed by atoms with Crippen molar-refractivity contribution < 1.29 is 19.1 Å². The third-order valence-electron chi connectivity index (χ3n) is 2.95. The second kappa shape index (κ2) is 15.9. The lowest BCUT2D eigenvalue weighted by atomic mass is 9.89. The van der Waals surface area contributed by atoms with Crippen LogP contribution in [0.2, 0.25) is 0 Å². The summed E-state index contributed by atoms with van der Waals surface area (Å²) in [5, 5.41) is 5.06. The zero-order chi connectivity index (χ0) is 16.1. The molecule has 0 aromatic carbocycles. The van der Waals surface area contributed by atoms with Crippen molar-refractivity contribution in [2.75, 3.05) is 32.8 Å². The summed E-state index contributed by atoms with van der Waals surface area (Å²) in [5.41, 5.74) is 11.2. The van der Waals surface area contributed by atoms with Gasteiger partial charge in [0.15, 0.2) is 0 Å². The van der Waals surface area contributed by atoms with E-state index in [9.17, 15) is 9.59 Å². The highest BCUT2D eigenvalue weighted by Crippen LogP contribution is 2.16. The standard InChI is InChI=1S/C13H28N4O4.2ClH/c1-3-16-11(18)20-9-6-13(15,5-8-14)7-10-21-12(19)17-4-2;;/h3-10,14-15H2,1-2H3,(H,16,18)(H,17,19);2*1H. The smallest absolute Gasteiger partial charge is 0.407 e. The summed E-state index contributed by atoms with van der Waals surface area (Å²) in [7, 11) is 0. The van der Waals surface area contributed by atoms with Crippen LogP contribution < -0.4 is 22.1 Å². The molecule has 0 unspecified atom stereocenters. The first kappa shape index (κ1) is 26.9. The van der Waals surface area contributed by atoms with E-state index in [2.05, 4.69) is 10.6 Å². The molecule has 8 nitrogen and oxygen atoms in total. The Balaban J connectivity index is -0.00000200. The molecule has 2 amide bonds. The molecule has 0 heterocycles. The number of nitrogens with one attached hydrogen (secondary N) is 2. The minimum Gasteiger partial charge on any atom is -0.449 e. The fourth-order valence-corrected chi connectivity index (χ4v) is 1.75. The lowest BCUT2D eigenvalue weighted by Gasteiger charge is -2.28. The Morgan fingerprint density at radius 1 is 0.913 bits per heavy atom. The van der Waals surface area contributed by atoms with Gasteiger partial charge in [-0.05, 0) is 39.7 Å². The maximum atomic E-state index is 11.2. The molecule has 0 bridgehead atoms. The van der Waals surface area contributed by atoms with Crippen LogP contribution in [-0.4, -0.2) is 50.6 Å². The van der Waals surface area contributed by atoms with E-state index < -0.39 is 17.7 Å². The van der Waals surface area contributed by atoms with E-state index >= 15 is 0 Å². The summed E-state index contributed by atoms with van der Waals surface area (Å²) in [6.45, 7) is 5.44. The van der Waals surface area contributed by atoms with Crippen molar-refractivity contribution in [1.29, 1.82) is 0 Å². The molecule has 6 N–H and O–H groups in total. The number of hydrogen-bond acceptors (Lipinski definition) is 6. The number of alkyl carbamates (subject to hydrolysis) is 2. The summed E-state index contributed by atoms with van der Waals surface area (Å²) in [6.07, 6.45) is 0.544. The third kappa shape index (κ3) is 14.4. The molecule has 0 rings (SSSR count). The molecule has 0 saturated heterocycles. The van der Waals surface area contributed by atoms with Gasteiger partial charge in [0.05, 0.1) is 13.2 Å². The Bertz CT molecular complexity index is 298. The molecule has 23 heavy (non-hydrogen) atoms. The molecule has 10 heteroatoms. The Kier molecular flexibility index (Phi) is 18.6. The number of nitrogens with two attached hydrogens (primary N) is 2. The lowest BCUT2D eigenvalue weighted by molar-refractivity contribution is 0.117. The number of amides is 2. The van der Waals surface area contributed by atoms with Gasteiger partial charge in [-0.3, -0.25) is 0 Å². The van der Waals surface area contributed by atoms with Gasteiger partial charge in [0.2, 0.25) is 0 Å². The number of halogens is 2. The molecule has 0 aromatic heterocycles. The Morgan fingerprint density at radius 2 is 1.30 bits per heavy atom. The molecular weight excluding hydrogens is 347 g/mol. The second-order valence-electron chi connectivity index (χ2n) is 4.73. The normalized spacial score (nSPS) is 9.91. The maximum absolute atomic E-state index is 11.2. The lowest BCUT2D eigenvalue weighted by Crippen LogP contribution is -2.44. The van der Waals surface area contributed by atoms with Gasteiger partial charge in [-0.2, -0.15) is 0 Å². The minimum absolute atomic E-state index is 0. The predicted molar refractivity (Wildman–Crippen MR) is 94.4 cm³/mol. The molecule has 0 radical (unpaired) electrons. The van der Waals surface area contributed by atoms with E-state index in [4.69, 9.17) is 20.9 Å². The van der Waals surface area contributed by atoms with Crippen molar-refractivity contribution in [3.05, 3.63) is 0 Å². The van der Waals surface area contributed by atoms with Crippen LogP contribution in [0.15, 0.2) is 0 Å². The van der Waals surface area contributed by atoms with Crippen molar-refractivity contribution in [2.45, 2.75) is 38.6 Å². The second-order valence-corrected chi connectivity index (χ2v) is 4.73. The van der Waals surface area contributed by atoms with Crippen LogP contribution in [0.1, 0.15) is 33.1 Å². The third-order valence-corrected chi connectivity index (χ3v) is 2.95. The van der Waals surface area contributed by atoms with Crippen molar-refractivity contribution in [1.82, 2.24) is 10.6 Å². The number of hydrogen-bond donors (Lipinski definition) is 4. The van der Waals surface area contributed by atoms with Crippen LogP contribution in [0.3, 0.4) is 0 Å². The van der Waals surface area contributed by atoms with Gasteiger partial charge in [0.1, 0.15) is 0 Å². The first-order valence-electron chi connectivity index (χ1n) is 7.27. The largest absolute Gasteiger partial charge is 0.449 e. The number of carbonyl (C=O) groups excluding carboxylic acids is 2. The summed E-state index contributed by atoms with van der Waals surface area (Å²) >= 11 is 0. The fraction of sp³-hybridized carbons (Fsp3) is 0.846. The van der Waals surface area contributed by atoms with Gasteiger partial charge in [0, 0.05) is 18.6 Å². The molecule has 0 aliphatic rings. The highest BCUT2D eigenvalue weighted by Gasteiger charge is 2.25. The Labute approximate surface area is 150 Å². The van der Waals surface area contributed by atoms with E-state index in [-0.39, 0.29) is 38.0 Å². The number of carbonyl (C=O) groups is 2. The van der Waals surface area contributed by atoms with Crippen molar-refractivity contribution in [3.63, 3.8) is 0 Å². The summed E-state index contributed by atoms with van der Waals surface area (Å²) in [4.78, 5) is 22.4. The molecular formula is C13H30Cl2N4O4. The van der Waals surface area contributed by atoms with Crippen LogP contribution in [0.4, 0.5) is 9.59 Å². The summed E-state index contributed by atoms with van der Waals surface area (Å²) in [6, 6.07) is 0. The van der Waals surface area contributed by atoms with Crippen LogP contribution >= 0.6 is 24.8 Å². The molecule has 0 atom stereocenters. The zero-order valence-corrected chi connectivity index (χ0v) is 15.4. The Hall–Kier alpha value is -0.960. The summed E-state index contributed by atoms with van der Waals surface area (Å²) in [5.74, 6) is 0. The van der Waals surface area contributed by atoms with E-state index in [0.717, 1.165) is 0 Å². The molecule has 0 aromatic rings. The maximum Gasteiger partial charge on any atom is 0.407 e. The minimum atomic E-state index is -0.617. The van der Waals surface area contributed by atoms with Crippen molar-refractivity contribution in [2.24, 2.45) is 11.5 Å². The molecule has 0 fully saturated rings. The van der Waals surface area contributed by atoms with Gasteiger partial charge in [0.25, 0.3) is 0 Å². The SMILES string of the molecule is CCNC(=O)OCCC(N)(CCN)CCOC(=O)NCC.Cl.Cl. The number of ether oxygens (including phenoxy) is 2. The number of rotatable bonds is 10. The molecule has 0 aliphatic carbocycles. The Morgan fingerprint density at radius 3 is 1.61 bits per heavy atom. The average molecular weight is 377 g/mol. The van der Waals surface area contributed by atoms with Crippen molar-refractivity contribution in [3.8, 4) is 0 Å². The van der Waals surface area contributed by atoms with Crippen LogP contribution in [0, 0.1) is 0 Å². The quantitative estimate of drug-likeness (QED) is 0.452. The first-order valence-corrected chi connectivity index (χ1v) is 7.27. The van der Waals surface area contributed by atoms with Crippen LogP contribution in [0.5, 0.6) is 0 Å². The average Bonchev–Trinajstić information content (AvgIpc) is 2.39. The molecule has 0 aliphatic heterocycles. The highest BCUT2D eigenvalue weighted by molar-refractivity contribution is 5.85. The van der Waals surface area contributed by atoms with Gasteiger partial charge >= 0.3 is 12.2 Å². The van der Waals surface area contributed by atoms with E-state index in [1.54, 1.807) is 0 Å². The van der Waals surface area contributed by atoms with Crippen LogP contribution in [-0.2, 0) is 9.47 Å². The van der Waals surface area contributed by atoms with E-state index in [1.165, 1.54) is 0 Å². The van der Waals surface area contributed by atoms with Gasteiger partial charge in [-0.15, -0.1) is 24.8 Å². The highest BCUT2D eigenvalue weighted by atomic mass is 35.5. The van der Waals surface area contributed by atoms with E-state index in [0.29, 0.717) is 38.9 Å². The topological polar surface area (TPSA) is 129 Å². The van der Waals surface area contributed by atoms with Gasteiger partial charge in [-0.1, -0.05) is 0 Å². The molecule has 0 spiro atoms. The van der Waals surface area contributed by atoms with Crippen molar-refractivity contribution >= 4 is 37.0 Å². The zero-order valence-electron chi connectivity index (χ0n) is 13.8. The first-order chi connectivity index (χ1) is 9.97.